The van der Waals surface area contributed by atoms with Crippen LogP contribution < -0.4 is 10.6 Å². The number of carbonyl (C=O) groups is 1. The summed E-state index contributed by atoms with van der Waals surface area (Å²) in [6.45, 7) is 5.55. The van der Waals surface area contributed by atoms with Gasteiger partial charge in [0.25, 0.3) is 5.91 Å². The van der Waals surface area contributed by atoms with Crippen LogP contribution in [0.1, 0.15) is 34.2 Å². The quantitative estimate of drug-likeness (QED) is 0.499. The first kappa shape index (κ1) is 20.5. The van der Waals surface area contributed by atoms with Crippen LogP contribution in [-0.4, -0.2) is 24.6 Å². The van der Waals surface area contributed by atoms with Gasteiger partial charge in [0.2, 0.25) is 10.0 Å². The molecule has 0 aliphatic rings. The summed E-state index contributed by atoms with van der Waals surface area (Å²) in [6, 6.07) is 17.6. The molecule has 0 aliphatic carbocycles. The lowest BCUT2D eigenvalue weighted by Crippen LogP contribution is -2.20. The van der Waals surface area contributed by atoms with Gasteiger partial charge in [0.15, 0.2) is 0 Å². The molecule has 3 rings (SSSR count). The molecule has 7 nitrogen and oxygen atoms in total. The van der Waals surface area contributed by atoms with Crippen molar-refractivity contribution >= 4 is 21.6 Å². The zero-order chi connectivity index (χ0) is 21.2. The van der Waals surface area contributed by atoms with Gasteiger partial charge in [-0.05, 0) is 56.7 Å². The summed E-state index contributed by atoms with van der Waals surface area (Å²) >= 11 is 0. The molecule has 0 atom stereocenters. The molecule has 0 saturated heterocycles. The Kier molecular flexibility index (Phi) is 5.67. The molecule has 0 bridgehead atoms. The van der Waals surface area contributed by atoms with E-state index in [1.807, 2.05) is 54.8 Å². The van der Waals surface area contributed by atoms with Gasteiger partial charge >= 0.3 is 0 Å². The zero-order valence-corrected chi connectivity index (χ0v) is 17.2. The fraction of sp³-hybridized carbons (Fsp3) is 0.143. The number of carbonyl (C=O) groups excluding carboxylic acids is 1. The van der Waals surface area contributed by atoms with Crippen molar-refractivity contribution in [2.75, 3.05) is 0 Å². The van der Waals surface area contributed by atoms with Crippen LogP contribution in [0.25, 0.3) is 5.69 Å². The van der Waals surface area contributed by atoms with Gasteiger partial charge in [-0.1, -0.05) is 30.3 Å². The second kappa shape index (κ2) is 8.02. The van der Waals surface area contributed by atoms with Gasteiger partial charge in [-0.15, -0.1) is 0 Å². The average Bonchev–Trinajstić information content (AvgIpc) is 3.00. The molecular formula is C21H22N4O3S. The second-order valence-corrected chi connectivity index (χ2v) is 8.22. The van der Waals surface area contributed by atoms with E-state index in [9.17, 15) is 13.2 Å². The Hall–Kier alpha value is -3.23. The molecule has 3 aromatic rings. The Morgan fingerprint density at radius 2 is 1.66 bits per heavy atom. The topological polar surface area (TPSA) is 107 Å². The van der Waals surface area contributed by atoms with Crippen LogP contribution in [0.15, 0.2) is 70.7 Å². The molecule has 0 radical (unpaired) electrons. The predicted molar refractivity (Wildman–Crippen MR) is 113 cm³/mol. The summed E-state index contributed by atoms with van der Waals surface area (Å²) in [5.41, 5.74) is 7.06. The van der Waals surface area contributed by atoms with Gasteiger partial charge in [-0.3, -0.25) is 4.79 Å². The van der Waals surface area contributed by atoms with Crippen LogP contribution in [-0.2, 0) is 10.0 Å². The van der Waals surface area contributed by atoms with Crippen molar-refractivity contribution in [2.24, 2.45) is 10.2 Å². The number of para-hydroxylation sites is 1. The third kappa shape index (κ3) is 4.44. The van der Waals surface area contributed by atoms with Crippen LogP contribution in [0.2, 0.25) is 0 Å². The molecular weight excluding hydrogens is 388 g/mol. The van der Waals surface area contributed by atoms with E-state index in [4.69, 9.17) is 5.14 Å². The van der Waals surface area contributed by atoms with E-state index >= 15 is 0 Å². The third-order valence-electron chi connectivity index (χ3n) is 4.62. The number of nitrogens with one attached hydrogen (secondary N) is 1. The normalized spacial score (nSPS) is 12.1. The maximum atomic E-state index is 12.7. The lowest BCUT2D eigenvalue weighted by Gasteiger charge is -2.09. The van der Waals surface area contributed by atoms with Crippen LogP contribution in [0, 0.1) is 13.8 Å². The highest BCUT2D eigenvalue weighted by atomic mass is 32.2. The highest BCUT2D eigenvalue weighted by Crippen LogP contribution is 2.20. The van der Waals surface area contributed by atoms with Crippen LogP contribution in [0.3, 0.4) is 0 Å². The largest absolute Gasteiger partial charge is 0.318 e. The minimum Gasteiger partial charge on any atom is -0.318 e. The van der Waals surface area contributed by atoms with Crippen molar-refractivity contribution in [3.63, 3.8) is 0 Å². The van der Waals surface area contributed by atoms with E-state index in [0.717, 1.165) is 17.1 Å². The Balaban J connectivity index is 1.80. The zero-order valence-electron chi connectivity index (χ0n) is 16.4. The molecule has 29 heavy (non-hydrogen) atoms. The number of nitrogens with zero attached hydrogens (tertiary/aromatic N) is 2. The minimum atomic E-state index is -3.75. The van der Waals surface area contributed by atoms with Gasteiger partial charge < -0.3 is 4.57 Å². The van der Waals surface area contributed by atoms with Gasteiger partial charge in [0, 0.05) is 17.1 Å². The Morgan fingerprint density at radius 1 is 1.03 bits per heavy atom. The molecule has 0 aliphatic heterocycles. The minimum absolute atomic E-state index is 0.0198. The van der Waals surface area contributed by atoms with Crippen molar-refractivity contribution in [3.8, 4) is 5.69 Å². The molecule has 2 aromatic carbocycles. The van der Waals surface area contributed by atoms with E-state index in [1.165, 1.54) is 12.1 Å². The summed E-state index contributed by atoms with van der Waals surface area (Å²) in [5.74, 6) is -0.319. The lowest BCUT2D eigenvalue weighted by atomic mass is 10.1. The van der Waals surface area contributed by atoms with Gasteiger partial charge in [-0.2, -0.15) is 5.10 Å². The van der Waals surface area contributed by atoms with Gasteiger partial charge in [-0.25, -0.2) is 19.0 Å². The number of primary sulfonamides is 1. The first-order chi connectivity index (χ1) is 13.7. The van der Waals surface area contributed by atoms with Gasteiger partial charge in [0.1, 0.15) is 0 Å². The summed E-state index contributed by atoms with van der Waals surface area (Å²) in [4.78, 5) is 12.7. The standard InChI is InChI=1S/C21H22N4O3S/c1-14-13-20(16(3)25(14)18-7-5-4-6-8-18)21(26)24-23-15(2)17-9-11-19(12-10-17)29(22,27)28/h4-13H,1-3H3,(H,24,26)(H2,22,27,28)/b23-15+. The van der Waals surface area contributed by atoms with E-state index in [2.05, 4.69) is 10.5 Å². The van der Waals surface area contributed by atoms with E-state index in [-0.39, 0.29) is 10.8 Å². The Bertz CT molecular complexity index is 1180. The molecule has 1 amide bonds. The molecule has 1 heterocycles. The Morgan fingerprint density at radius 3 is 2.24 bits per heavy atom. The first-order valence-corrected chi connectivity index (χ1v) is 10.5. The molecule has 8 heteroatoms. The number of hydrogen-bond acceptors (Lipinski definition) is 4. The van der Waals surface area contributed by atoms with Gasteiger partial charge in [0.05, 0.1) is 16.2 Å². The smallest absolute Gasteiger partial charge is 0.273 e. The van der Waals surface area contributed by atoms with Crippen molar-refractivity contribution in [1.82, 2.24) is 9.99 Å². The molecule has 0 saturated carbocycles. The monoisotopic (exact) mass is 410 g/mol. The van der Waals surface area contributed by atoms with E-state index in [0.29, 0.717) is 16.8 Å². The number of hydrogen-bond donors (Lipinski definition) is 2. The number of amides is 1. The molecule has 1 aromatic heterocycles. The van der Waals surface area contributed by atoms with Crippen LogP contribution in [0.4, 0.5) is 0 Å². The number of aromatic nitrogens is 1. The fourth-order valence-electron chi connectivity index (χ4n) is 3.11. The first-order valence-electron chi connectivity index (χ1n) is 8.90. The number of rotatable bonds is 5. The number of nitrogens with two attached hydrogens (primary N) is 1. The van der Waals surface area contributed by atoms with Crippen molar-refractivity contribution < 1.29 is 13.2 Å². The highest BCUT2D eigenvalue weighted by Gasteiger charge is 2.16. The van der Waals surface area contributed by atoms with Crippen molar-refractivity contribution in [1.29, 1.82) is 0 Å². The summed E-state index contributed by atoms with van der Waals surface area (Å²) in [5, 5.41) is 9.24. The summed E-state index contributed by atoms with van der Waals surface area (Å²) in [7, 11) is -3.75. The van der Waals surface area contributed by atoms with Crippen molar-refractivity contribution in [2.45, 2.75) is 25.7 Å². The van der Waals surface area contributed by atoms with Crippen molar-refractivity contribution in [3.05, 3.63) is 83.2 Å². The number of benzene rings is 2. The molecule has 3 N–H and O–H groups in total. The fourth-order valence-corrected chi connectivity index (χ4v) is 3.63. The Labute approximate surface area is 169 Å². The molecule has 150 valence electrons. The van der Waals surface area contributed by atoms with E-state index < -0.39 is 10.0 Å². The maximum absolute atomic E-state index is 12.7. The molecule has 0 unspecified atom stereocenters. The predicted octanol–water partition coefficient (Wildman–Crippen LogP) is 2.90. The second-order valence-electron chi connectivity index (χ2n) is 6.66. The molecule has 0 spiro atoms. The number of hydrazone groups is 1. The third-order valence-corrected chi connectivity index (χ3v) is 5.55. The maximum Gasteiger partial charge on any atom is 0.273 e. The number of sulfonamides is 1. The summed E-state index contributed by atoms with van der Waals surface area (Å²) in [6.07, 6.45) is 0. The lowest BCUT2D eigenvalue weighted by molar-refractivity contribution is 0.0954. The average molecular weight is 410 g/mol. The molecule has 0 fully saturated rings. The number of aryl methyl sites for hydroxylation is 1. The van der Waals surface area contributed by atoms with Crippen LogP contribution in [0.5, 0.6) is 0 Å². The highest BCUT2D eigenvalue weighted by molar-refractivity contribution is 7.89. The SMILES string of the molecule is C/C(=N\NC(=O)c1cc(C)n(-c2ccccc2)c1C)c1ccc(S(N)(=O)=O)cc1. The summed E-state index contributed by atoms with van der Waals surface area (Å²) < 4.78 is 24.7. The van der Waals surface area contributed by atoms with Crippen LogP contribution >= 0.6 is 0 Å². The van der Waals surface area contributed by atoms with E-state index in [1.54, 1.807) is 19.1 Å².